The summed E-state index contributed by atoms with van der Waals surface area (Å²) in [7, 11) is 0. The summed E-state index contributed by atoms with van der Waals surface area (Å²) >= 11 is 1.76. The van der Waals surface area contributed by atoms with Gasteiger partial charge < -0.3 is 5.11 Å². The minimum Gasteiger partial charge on any atom is -0.478 e. The summed E-state index contributed by atoms with van der Waals surface area (Å²) in [6, 6.07) is 4.47. The van der Waals surface area contributed by atoms with Gasteiger partial charge in [0.15, 0.2) is 0 Å². The summed E-state index contributed by atoms with van der Waals surface area (Å²) in [5.74, 6) is 0.438. The molecule has 0 aliphatic heterocycles. The SMILES string of the molecule is CCCSCc1ccc(F)cc1C=CC(=O)O. The number of carbonyl (C=O) groups is 1. The molecule has 0 aromatic heterocycles. The topological polar surface area (TPSA) is 37.3 Å². The molecule has 0 aliphatic rings. The van der Waals surface area contributed by atoms with Crippen molar-refractivity contribution in [1.29, 1.82) is 0 Å². The molecule has 0 aliphatic carbocycles. The first-order valence-corrected chi connectivity index (χ1v) is 6.56. The van der Waals surface area contributed by atoms with Crippen LogP contribution in [0.15, 0.2) is 24.3 Å². The van der Waals surface area contributed by atoms with Crippen molar-refractivity contribution in [3.8, 4) is 0 Å². The molecular weight excluding hydrogens is 239 g/mol. The zero-order valence-corrected chi connectivity index (χ0v) is 10.5. The van der Waals surface area contributed by atoms with Gasteiger partial charge in [-0.2, -0.15) is 11.8 Å². The number of carboxylic acid groups (broad SMARTS) is 1. The van der Waals surface area contributed by atoms with E-state index < -0.39 is 5.97 Å². The van der Waals surface area contributed by atoms with Crippen LogP contribution in [0.1, 0.15) is 24.5 Å². The lowest BCUT2D eigenvalue weighted by Gasteiger charge is -2.05. The van der Waals surface area contributed by atoms with Crippen molar-refractivity contribution in [2.24, 2.45) is 0 Å². The molecule has 0 atom stereocenters. The maximum atomic E-state index is 13.1. The van der Waals surface area contributed by atoms with Crippen LogP contribution in [-0.4, -0.2) is 16.8 Å². The van der Waals surface area contributed by atoms with Crippen LogP contribution < -0.4 is 0 Å². The molecule has 0 heterocycles. The van der Waals surface area contributed by atoms with E-state index in [4.69, 9.17) is 5.11 Å². The van der Waals surface area contributed by atoms with Gasteiger partial charge >= 0.3 is 5.97 Å². The fourth-order valence-electron chi connectivity index (χ4n) is 1.34. The molecule has 0 radical (unpaired) electrons. The maximum Gasteiger partial charge on any atom is 0.328 e. The molecule has 2 nitrogen and oxygen atoms in total. The van der Waals surface area contributed by atoms with Gasteiger partial charge in [0, 0.05) is 11.8 Å². The summed E-state index contributed by atoms with van der Waals surface area (Å²) < 4.78 is 13.1. The normalized spacial score (nSPS) is 10.9. The second-order valence-corrected chi connectivity index (χ2v) is 4.67. The van der Waals surface area contributed by atoms with Gasteiger partial charge in [0.1, 0.15) is 5.82 Å². The number of hydrogen-bond acceptors (Lipinski definition) is 2. The Labute approximate surface area is 105 Å². The van der Waals surface area contributed by atoms with Crippen LogP contribution in [0.25, 0.3) is 6.08 Å². The van der Waals surface area contributed by atoms with E-state index in [0.29, 0.717) is 5.56 Å². The Bertz CT molecular complexity index is 416. The van der Waals surface area contributed by atoms with Crippen molar-refractivity contribution >= 4 is 23.8 Å². The first-order chi connectivity index (χ1) is 8.13. The van der Waals surface area contributed by atoms with E-state index >= 15 is 0 Å². The predicted octanol–water partition coefficient (Wildman–Crippen LogP) is 3.57. The van der Waals surface area contributed by atoms with Crippen molar-refractivity contribution in [1.82, 2.24) is 0 Å². The molecule has 17 heavy (non-hydrogen) atoms. The number of hydrogen-bond donors (Lipinski definition) is 1. The molecule has 0 amide bonds. The lowest BCUT2D eigenvalue weighted by Crippen LogP contribution is -1.91. The van der Waals surface area contributed by atoms with Crippen LogP contribution in [-0.2, 0) is 10.5 Å². The van der Waals surface area contributed by atoms with Crippen LogP contribution in [0.5, 0.6) is 0 Å². The average Bonchev–Trinajstić information content (AvgIpc) is 2.29. The molecule has 0 saturated carbocycles. The third-order valence-electron chi connectivity index (χ3n) is 2.12. The summed E-state index contributed by atoms with van der Waals surface area (Å²) in [5.41, 5.74) is 1.60. The van der Waals surface area contributed by atoms with Crippen LogP contribution in [0.3, 0.4) is 0 Å². The van der Waals surface area contributed by atoms with Crippen LogP contribution in [0.2, 0.25) is 0 Å². The zero-order chi connectivity index (χ0) is 12.7. The Morgan fingerprint density at radius 2 is 2.29 bits per heavy atom. The van der Waals surface area contributed by atoms with E-state index in [-0.39, 0.29) is 5.82 Å². The average molecular weight is 254 g/mol. The lowest BCUT2D eigenvalue weighted by atomic mass is 10.1. The Morgan fingerprint density at radius 1 is 1.53 bits per heavy atom. The number of rotatable bonds is 6. The molecule has 1 rings (SSSR count). The highest BCUT2D eigenvalue weighted by molar-refractivity contribution is 7.98. The van der Waals surface area contributed by atoms with Gasteiger partial charge in [0.25, 0.3) is 0 Å². The molecule has 0 fully saturated rings. The van der Waals surface area contributed by atoms with Gasteiger partial charge in [-0.15, -0.1) is 0 Å². The maximum absolute atomic E-state index is 13.1. The van der Waals surface area contributed by atoms with Crippen molar-refractivity contribution < 1.29 is 14.3 Å². The minimum absolute atomic E-state index is 0.348. The smallest absolute Gasteiger partial charge is 0.328 e. The molecular formula is C13H15FO2S. The van der Waals surface area contributed by atoms with Gasteiger partial charge in [-0.25, -0.2) is 9.18 Å². The van der Waals surface area contributed by atoms with Gasteiger partial charge in [0.2, 0.25) is 0 Å². The van der Waals surface area contributed by atoms with E-state index in [1.54, 1.807) is 17.8 Å². The lowest BCUT2D eigenvalue weighted by molar-refractivity contribution is -0.131. The van der Waals surface area contributed by atoms with Crippen LogP contribution in [0, 0.1) is 5.82 Å². The highest BCUT2D eigenvalue weighted by Crippen LogP contribution is 2.19. The number of carboxylic acids is 1. The molecule has 0 spiro atoms. The quantitative estimate of drug-likeness (QED) is 0.623. The summed E-state index contributed by atoms with van der Waals surface area (Å²) in [6.45, 7) is 2.10. The Balaban J connectivity index is 2.83. The third kappa shape index (κ3) is 5.04. The van der Waals surface area contributed by atoms with Gasteiger partial charge in [-0.05, 0) is 41.5 Å². The van der Waals surface area contributed by atoms with E-state index in [0.717, 1.165) is 29.6 Å². The first kappa shape index (κ1) is 13.8. The van der Waals surface area contributed by atoms with E-state index in [9.17, 15) is 9.18 Å². The molecule has 4 heteroatoms. The Kier molecular flexibility index (Phi) is 5.77. The minimum atomic E-state index is -1.03. The van der Waals surface area contributed by atoms with Crippen molar-refractivity contribution in [3.63, 3.8) is 0 Å². The van der Waals surface area contributed by atoms with E-state index in [1.165, 1.54) is 18.2 Å². The summed E-state index contributed by atoms with van der Waals surface area (Å²) in [5, 5.41) is 8.56. The van der Waals surface area contributed by atoms with Crippen molar-refractivity contribution in [2.75, 3.05) is 5.75 Å². The first-order valence-electron chi connectivity index (χ1n) is 5.40. The van der Waals surface area contributed by atoms with Gasteiger partial charge in [0.05, 0.1) is 0 Å². The van der Waals surface area contributed by atoms with Crippen molar-refractivity contribution in [2.45, 2.75) is 19.1 Å². The second-order valence-electron chi connectivity index (χ2n) is 3.57. The largest absolute Gasteiger partial charge is 0.478 e. The van der Waals surface area contributed by atoms with Crippen LogP contribution in [0.4, 0.5) is 4.39 Å². The number of aliphatic carboxylic acids is 1. The predicted molar refractivity (Wildman–Crippen MR) is 69.5 cm³/mol. The monoisotopic (exact) mass is 254 g/mol. The van der Waals surface area contributed by atoms with Crippen molar-refractivity contribution in [3.05, 3.63) is 41.2 Å². The molecule has 0 unspecified atom stereocenters. The van der Waals surface area contributed by atoms with E-state index in [1.807, 2.05) is 0 Å². The fourth-order valence-corrected chi connectivity index (χ4v) is 2.26. The highest BCUT2D eigenvalue weighted by Gasteiger charge is 2.02. The fraction of sp³-hybridized carbons (Fsp3) is 0.308. The number of halogens is 1. The molecule has 0 saturated heterocycles. The Morgan fingerprint density at radius 3 is 2.94 bits per heavy atom. The summed E-state index contributed by atoms with van der Waals surface area (Å²) in [6.07, 6.45) is 3.56. The summed E-state index contributed by atoms with van der Waals surface area (Å²) in [4.78, 5) is 10.4. The molecule has 1 aromatic carbocycles. The van der Waals surface area contributed by atoms with Crippen LogP contribution >= 0.6 is 11.8 Å². The molecule has 1 N–H and O–H groups in total. The number of thioether (sulfide) groups is 1. The molecule has 92 valence electrons. The Hall–Kier alpha value is -1.29. The molecule has 1 aromatic rings. The molecule has 0 bridgehead atoms. The third-order valence-corrected chi connectivity index (χ3v) is 3.33. The number of benzene rings is 1. The van der Waals surface area contributed by atoms with E-state index in [2.05, 4.69) is 6.92 Å². The standard InChI is InChI=1S/C13H15FO2S/c1-2-7-17-9-11-3-5-12(14)8-10(11)4-6-13(15)16/h3-6,8H,2,7,9H2,1H3,(H,15,16). The van der Waals surface area contributed by atoms with Gasteiger partial charge in [-0.3, -0.25) is 0 Å². The highest BCUT2D eigenvalue weighted by atomic mass is 32.2. The van der Waals surface area contributed by atoms with Gasteiger partial charge in [-0.1, -0.05) is 13.0 Å². The second kappa shape index (κ2) is 7.12. The zero-order valence-electron chi connectivity index (χ0n) is 9.65.